The van der Waals surface area contributed by atoms with Gasteiger partial charge in [-0.25, -0.2) is 4.79 Å². The van der Waals surface area contributed by atoms with Crippen LogP contribution in [0, 0.1) is 18.8 Å². The Bertz CT molecular complexity index is 1630. The first kappa shape index (κ1) is 27.1. The molecule has 2 aliphatic rings. The first-order valence-corrected chi connectivity index (χ1v) is 14.4. The summed E-state index contributed by atoms with van der Waals surface area (Å²) in [5.74, 6) is 1.31. The molecule has 1 N–H and O–H groups in total. The number of fused-ring (bicyclic) bond motifs is 3. The molecule has 0 bridgehead atoms. The maximum atomic E-state index is 13.5. The van der Waals surface area contributed by atoms with E-state index in [0.717, 1.165) is 40.2 Å². The third-order valence-electron chi connectivity index (χ3n) is 8.44. The molecule has 3 atom stereocenters. The van der Waals surface area contributed by atoms with Gasteiger partial charge >= 0.3 is 5.97 Å². The fourth-order valence-electron chi connectivity index (χ4n) is 6.10. The lowest BCUT2D eigenvalue weighted by Gasteiger charge is -2.30. The van der Waals surface area contributed by atoms with Gasteiger partial charge in [-0.3, -0.25) is 9.48 Å². The van der Waals surface area contributed by atoms with Gasteiger partial charge in [-0.15, -0.1) is 0 Å². The van der Waals surface area contributed by atoms with Gasteiger partial charge in [0.2, 0.25) is 5.91 Å². The van der Waals surface area contributed by atoms with Gasteiger partial charge in [0.15, 0.2) is 0 Å². The highest BCUT2D eigenvalue weighted by molar-refractivity contribution is 6.31. The van der Waals surface area contributed by atoms with Crippen LogP contribution < -0.4 is 9.64 Å². The van der Waals surface area contributed by atoms with Crippen LogP contribution in [0.25, 0.3) is 11.1 Å². The molecule has 2 unspecified atom stereocenters. The first-order chi connectivity index (χ1) is 19.8. The number of nitrogens with zero attached hydrogens (tertiary/aromatic N) is 3. The van der Waals surface area contributed by atoms with Gasteiger partial charge < -0.3 is 14.7 Å². The molecule has 1 aliphatic heterocycles. The van der Waals surface area contributed by atoms with E-state index in [-0.39, 0.29) is 11.5 Å². The number of amides is 1. The number of aromatic nitrogens is 2. The van der Waals surface area contributed by atoms with Gasteiger partial charge in [-0.05, 0) is 78.1 Å². The van der Waals surface area contributed by atoms with Crippen LogP contribution in [0.4, 0.5) is 5.69 Å². The van der Waals surface area contributed by atoms with E-state index in [0.29, 0.717) is 48.8 Å². The van der Waals surface area contributed by atoms with Crippen molar-refractivity contribution in [2.24, 2.45) is 11.8 Å². The molecule has 3 aromatic carbocycles. The van der Waals surface area contributed by atoms with Crippen molar-refractivity contribution in [2.45, 2.75) is 39.2 Å². The number of anilines is 1. The van der Waals surface area contributed by atoms with Gasteiger partial charge in [0.05, 0.1) is 24.9 Å². The highest BCUT2D eigenvalue weighted by Crippen LogP contribution is 2.61. The number of carbonyl (C=O) groups is 2. The zero-order chi connectivity index (χ0) is 28.7. The van der Waals surface area contributed by atoms with Crippen LogP contribution in [-0.4, -0.2) is 39.9 Å². The minimum Gasteiger partial charge on any atom is -0.493 e. The summed E-state index contributed by atoms with van der Waals surface area (Å²) < 4.78 is 7.75. The number of hydrogen-bond acceptors (Lipinski definition) is 4. The van der Waals surface area contributed by atoms with Gasteiger partial charge in [0.1, 0.15) is 5.75 Å². The maximum absolute atomic E-state index is 13.5. The molecule has 4 aromatic rings. The largest absolute Gasteiger partial charge is 0.493 e. The molecule has 8 heteroatoms. The summed E-state index contributed by atoms with van der Waals surface area (Å²) in [4.78, 5) is 26.8. The van der Waals surface area contributed by atoms with Gasteiger partial charge in [0.25, 0.3) is 0 Å². The van der Waals surface area contributed by atoms with E-state index in [9.17, 15) is 14.7 Å². The van der Waals surface area contributed by atoms with Gasteiger partial charge in [-0.1, -0.05) is 48.9 Å². The summed E-state index contributed by atoms with van der Waals surface area (Å²) in [7, 11) is 0. The summed E-state index contributed by atoms with van der Waals surface area (Å²) >= 11 is 6.20. The minimum atomic E-state index is -0.945. The number of carbonyl (C=O) groups excluding carboxylic acids is 1. The van der Waals surface area contributed by atoms with E-state index >= 15 is 0 Å². The van der Waals surface area contributed by atoms with Crippen molar-refractivity contribution in [3.05, 3.63) is 100 Å². The first-order valence-electron chi connectivity index (χ1n) is 14.0. The molecule has 0 spiro atoms. The minimum absolute atomic E-state index is 0.112. The lowest BCUT2D eigenvalue weighted by molar-refractivity contribution is -0.119. The molecule has 1 saturated carbocycles. The molecule has 1 fully saturated rings. The Morgan fingerprint density at radius 1 is 1.12 bits per heavy atom. The summed E-state index contributed by atoms with van der Waals surface area (Å²) in [5.41, 5.74) is 6.35. The summed E-state index contributed by atoms with van der Waals surface area (Å²) in [6.07, 6.45) is 4.88. The normalized spacial score (nSPS) is 18.9. The van der Waals surface area contributed by atoms with Crippen molar-refractivity contribution < 1.29 is 19.4 Å². The molecule has 6 rings (SSSR count). The van der Waals surface area contributed by atoms with E-state index in [4.69, 9.17) is 16.3 Å². The SMILES string of the molecule is Cc1c(Cl)cccc1OCCCC(=O)N1CC2C(c3c(-c4cnn(Cc5cccc(C(=O)O)c5)c4)cccc31)[C@H]2C. The van der Waals surface area contributed by atoms with Crippen LogP contribution in [0.3, 0.4) is 0 Å². The predicted octanol–water partition coefficient (Wildman–Crippen LogP) is 6.81. The van der Waals surface area contributed by atoms with Crippen molar-refractivity contribution in [3.8, 4) is 16.9 Å². The number of benzene rings is 3. The lowest BCUT2D eigenvalue weighted by atomic mass is 9.92. The Hall–Kier alpha value is -4.10. The molecule has 210 valence electrons. The molecule has 41 heavy (non-hydrogen) atoms. The van der Waals surface area contributed by atoms with E-state index in [1.54, 1.807) is 18.2 Å². The molecule has 0 radical (unpaired) electrons. The number of hydrogen-bond donors (Lipinski definition) is 1. The average molecular weight is 570 g/mol. The highest BCUT2D eigenvalue weighted by Gasteiger charge is 2.54. The number of rotatable bonds is 9. The molecular weight excluding hydrogens is 538 g/mol. The van der Waals surface area contributed by atoms with Crippen molar-refractivity contribution in [1.29, 1.82) is 0 Å². The molecule has 2 heterocycles. The monoisotopic (exact) mass is 569 g/mol. The fourth-order valence-corrected chi connectivity index (χ4v) is 6.27. The summed E-state index contributed by atoms with van der Waals surface area (Å²) in [6, 6.07) is 18.7. The average Bonchev–Trinajstić information content (AvgIpc) is 3.39. The Balaban J connectivity index is 1.18. The van der Waals surface area contributed by atoms with E-state index in [1.165, 1.54) is 5.56 Å². The molecule has 1 aromatic heterocycles. The van der Waals surface area contributed by atoms with Crippen molar-refractivity contribution in [3.63, 3.8) is 0 Å². The number of aromatic carboxylic acids is 1. The second-order valence-corrected chi connectivity index (χ2v) is 11.4. The van der Waals surface area contributed by atoms with Crippen LogP contribution in [0.5, 0.6) is 5.75 Å². The fraction of sp³-hybridized carbons (Fsp3) is 0.303. The predicted molar refractivity (Wildman–Crippen MR) is 159 cm³/mol. The second kappa shape index (κ2) is 11.1. The van der Waals surface area contributed by atoms with Crippen LogP contribution in [0.2, 0.25) is 5.02 Å². The Kier molecular flexibility index (Phi) is 7.30. The summed E-state index contributed by atoms with van der Waals surface area (Å²) in [5, 5.41) is 14.6. The Morgan fingerprint density at radius 3 is 2.76 bits per heavy atom. The third kappa shape index (κ3) is 5.34. The number of carboxylic acids is 1. The third-order valence-corrected chi connectivity index (χ3v) is 8.85. The zero-order valence-electron chi connectivity index (χ0n) is 23.1. The number of ether oxygens (including phenoxy) is 1. The van der Waals surface area contributed by atoms with E-state index < -0.39 is 5.97 Å². The lowest BCUT2D eigenvalue weighted by Crippen LogP contribution is -2.36. The standard InChI is InChI=1S/C33H32ClN3O4/c1-20-26-19-37(30(38)13-6-14-41-29-12-5-10-27(34)21(29)2)28-11-4-9-25(32(28)31(20)26)24-16-35-36(18-24)17-22-7-3-8-23(15-22)33(39)40/h3-5,7-12,15-16,18,20,26,31H,6,13-14,17,19H2,1-2H3,(H,39,40)/t20-,26?,31?/m0/s1. The van der Waals surface area contributed by atoms with Gasteiger partial charge in [0, 0.05) is 41.0 Å². The smallest absolute Gasteiger partial charge is 0.335 e. The Labute approximate surface area is 244 Å². The number of carboxylic acid groups (broad SMARTS) is 1. The van der Waals surface area contributed by atoms with E-state index in [1.807, 2.05) is 59.2 Å². The molecule has 1 amide bonds. The quantitative estimate of drug-likeness (QED) is 0.224. The molecule has 0 saturated heterocycles. The van der Waals surface area contributed by atoms with Gasteiger partial charge in [-0.2, -0.15) is 5.10 Å². The molecule has 7 nitrogen and oxygen atoms in total. The maximum Gasteiger partial charge on any atom is 0.335 e. The van der Waals surface area contributed by atoms with Crippen molar-refractivity contribution in [1.82, 2.24) is 9.78 Å². The van der Waals surface area contributed by atoms with E-state index in [2.05, 4.69) is 24.2 Å². The van der Waals surface area contributed by atoms with Crippen LogP contribution >= 0.6 is 11.6 Å². The topological polar surface area (TPSA) is 84.7 Å². The van der Waals surface area contributed by atoms with Crippen LogP contribution in [0.15, 0.2) is 73.1 Å². The van der Waals surface area contributed by atoms with Crippen LogP contribution in [0.1, 0.15) is 52.7 Å². The van der Waals surface area contributed by atoms with Crippen LogP contribution in [-0.2, 0) is 11.3 Å². The molecular formula is C33H32ClN3O4. The molecule has 1 aliphatic carbocycles. The zero-order valence-corrected chi connectivity index (χ0v) is 23.8. The second-order valence-electron chi connectivity index (χ2n) is 11.0. The summed E-state index contributed by atoms with van der Waals surface area (Å²) in [6.45, 7) is 5.86. The van der Waals surface area contributed by atoms with Crippen molar-refractivity contribution in [2.75, 3.05) is 18.1 Å². The Morgan fingerprint density at radius 2 is 1.93 bits per heavy atom. The number of halogens is 1. The highest BCUT2D eigenvalue weighted by atomic mass is 35.5. The van der Waals surface area contributed by atoms with Crippen molar-refractivity contribution >= 4 is 29.2 Å².